The van der Waals surface area contributed by atoms with Gasteiger partial charge in [0.15, 0.2) is 0 Å². The Labute approximate surface area is 191 Å². The SMILES string of the molecule is CC(CNC(=O)C=C1CCCOc2cc(C(F)(F)F)ccc21)c1cccc2c1CC(O)CC2. The number of aryl methyl sites for hydroxylation is 1. The van der Waals surface area contributed by atoms with E-state index in [0.29, 0.717) is 43.6 Å². The molecular formula is C26H28F3NO3. The number of alkyl halides is 3. The van der Waals surface area contributed by atoms with E-state index in [-0.39, 0.29) is 23.7 Å². The highest BCUT2D eigenvalue weighted by Gasteiger charge is 2.32. The van der Waals surface area contributed by atoms with Gasteiger partial charge in [0.05, 0.1) is 18.3 Å². The van der Waals surface area contributed by atoms with Gasteiger partial charge in [0.1, 0.15) is 5.75 Å². The van der Waals surface area contributed by atoms with Gasteiger partial charge in [-0.05, 0) is 72.4 Å². The number of amides is 1. The molecule has 4 nitrogen and oxygen atoms in total. The van der Waals surface area contributed by atoms with Crippen LogP contribution in [0.1, 0.15) is 59.9 Å². The van der Waals surface area contributed by atoms with Crippen LogP contribution in [0.4, 0.5) is 13.2 Å². The maximum Gasteiger partial charge on any atom is 0.416 e. The highest BCUT2D eigenvalue weighted by Crippen LogP contribution is 2.38. The number of fused-ring (bicyclic) bond motifs is 2. The fourth-order valence-electron chi connectivity index (χ4n) is 4.64. The molecule has 1 amide bonds. The summed E-state index contributed by atoms with van der Waals surface area (Å²) in [4.78, 5) is 12.7. The van der Waals surface area contributed by atoms with Crippen LogP contribution in [0.25, 0.3) is 5.57 Å². The van der Waals surface area contributed by atoms with Gasteiger partial charge in [-0.3, -0.25) is 4.79 Å². The zero-order chi connectivity index (χ0) is 23.6. The first-order valence-electron chi connectivity index (χ1n) is 11.3. The molecule has 0 saturated heterocycles. The molecule has 2 N–H and O–H groups in total. The minimum Gasteiger partial charge on any atom is -0.493 e. The molecule has 1 aliphatic heterocycles. The predicted molar refractivity (Wildman–Crippen MR) is 120 cm³/mol. The normalized spacial score (nSPS) is 20.3. The average Bonchev–Trinajstić information content (AvgIpc) is 2.98. The Balaban J connectivity index is 1.47. The Bertz CT molecular complexity index is 1060. The fourth-order valence-corrected chi connectivity index (χ4v) is 4.64. The lowest BCUT2D eigenvalue weighted by Crippen LogP contribution is -2.27. The van der Waals surface area contributed by atoms with Crippen molar-refractivity contribution in [3.63, 3.8) is 0 Å². The molecule has 0 saturated carbocycles. The summed E-state index contributed by atoms with van der Waals surface area (Å²) >= 11 is 0. The number of carbonyl (C=O) groups excluding carboxylic acids is 1. The second-order valence-electron chi connectivity index (χ2n) is 8.86. The molecule has 2 aliphatic rings. The van der Waals surface area contributed by atoms with Crippen molar-refractivity contribution >= 4 is 11.5 Å². The zero-order valence-corrected chi connectivity index (χ0v) is 18.5. The van der Waals surface area contributed by atoms with Crippen LogP contribution in [0.5, 0.6) is 5.75 Å². The van der Waals surface area contributed by atoms with Gasteiger partial charge >= 0.3 is 6.18 Å². The summed E-state index contributed by atoms with van der Waals surface area (Å²) in [6.07, 6.45) is 0.102. The molecule has 0 fully saturated rings. The van der Waals surface area contributed by atoms with Gasteiger partial charge in [-0.15, -0.1) is 0 Å². The van der Waals surface area contributed by atoms with Crippen molar-refractivity contribution in [2.75, 3.05) is 13.2 Å². The van der Waals surface area contributed by atoms with E-state index in [1.54, 1.807) is 0 Å². The third kappa shape index (κ3) is 5.41. The van der Waals surface area contributed by atoms with E-state index >= 15 is 0 Å². The zero-order valence-electron chi connectivity index (χ0n) is 18.5. The Kier molecular flexibility index (Phi) is 6.79. The van der Waals surface area contributed by atoms with Crippen molar-refractivity contribution in [2.24, 2.45) is 0 Å². The molecule has 33 heavy (non-hydrogen) atoms. The summed E-state index contributed by atoms with van der Waals surface area (Å²) in [5.41, 5.74) is 3.98. The van der Waals surface area contributed by atoms with Crippen LogP contribution in [-0.2, 0) is 23.8 Å². The summed E-state index contributed by atoms with van der Waals surface area (Å²) in [5.74, 6) is -0.0645. The number of nitrogens with one attached hydrogen (secondary N) is 1. The molecule has 1 aliphatic carbocycles. The van der Waals surface area contributed by atoms with Gasteiger partial charge < -0.3 is 15.2 Å². The molecule has 7 heteroatoms. The Morgan fingerprint density at radius 2 is 2.09 bits per heavy atom. The number of hydrogen-bond acceptors (Lipinski definition) is 3. The van der Waals surface area contributed by atoms with Crippen LogP contribution < -0.4 is 10.1 Å². The summed E-state index contributed by atoms with van der Waals surface area (Å²) < 4.78 is 44.7. The smallest absolute Gasteiger partial charge is 0.416 e. The lowest BCUT2D eigenvalue weighted by Gasteiger charge is -2.26. The fraction of sp³-hybridized carbons (Fsp3) is 0.423. The van der Waals surface area contributed by atoms with Crippen LogP contribution >= 0.6 is 0 Å². The number of rotatable bonds is 4. The number of ether oxygens (including phenoxy) is 1. The van der Waals surface area contributed by atoms with Gasteiger partial charge in [0.25, 0.3) is 0 Å². The van der Waals surface area contributed by atoms with Crippen molar-refractivity contribution in [3.05, 3.63) is 70.3 Å². The number of aliphatic hydroxyl groups is 1. The number of halogens is 3. The van der Waals surface area contributed by atoms with E-state index in [1.165, 1.54) is 23.3 Å². The molecule has 4 rings (SSSR count). The lowest BCUT2D eigenvalue weighted by molar-refractivity contribution is -0.137. The molecule has 2 aromatic rings. The second-order valence-corrected chi connectivity index (χ2v) is 8.86. The summed E-state index contributed by atoms with van der Waals surface area (Å²) in [6, 6.07) is 9.56. The Morgan fingerprint density at radius 1 is 1.27 bits per heavy atom. The van der Waals surface area contributed by atoms with Crippen molar-refractivity contribution < 1.29 is 27.8 Å². The lowest BCUT2D eigenvalue weighted by atomic mass is 9.83. The molecular weight excluding hydrogens is 431 g/mol. The number of carbonyl (C=O) groups is 1. The van der Waals surface area contributed by atoms with E-state index in [9.17, 15) is 23.1 Å². The summed E-state index contributed by atoms with van der Waals surface area (Å²) in [6.45, 7) is 2.76. The van der Waals surface area contributed by atoms with Gasteiger partial charge in [-0.25, -0.2) is 0 Å². The Morgan fingerprint density at radius 3 is 2.88 bits per heavy atom. The first-order valence-corrected chi connectivity index (χ1v) is 11.3. The third-order valence-corrected chi connectivity index (χ3v) is 6.42. The first-order chi connectivity index (χ1) is 15.7. The third-order valence-electron chi connectivity index (χ3n) is 6.42. The van der Waals surface area contributed by atoms with E-state index < -0.39 is 11.7 Å². The minimum atomic E-state index is -4.45. The Hall–Kier alpha value is -2.80. The van der Waals surface area contributed by atoms with Gasteiger partial charge in [0.2, 0.25) is 5.91 Å². The maximum absolute atomic E-state index is 13.1. The monoisotopic (exact) mass is 459 g/mol. The van der Waals surface area contributed by atoms with Gasteiger partial charge in [0, 0.05) is 18.2 Å². The highest BCUT2D eigenvalue weighted by molar-refractivity contribution is 5.96. The van der Waals surface area contributed by atoms with Crippen molar-refractivity contribution in [3.8, 4) is 5.75 Å². The number of allylic oxidation sites excluding steroid dienone is 1. The molecule has 2 unspecified atom stereocenters. The maximum atomic E-state index is 13.1. The van der Waals surface area contributed by atoms with E-state index in [4.69, 9.17) is 4.74 Å². The van der Waals surface area contributed by atoms with Crippen molar-refractivity contribution in [1.82, 2.24) is 5.32 Å². The number of benzene rings is 2. The molecule has 1 heterocycles. The second kappa shape index (κ2) is 9.59. The molecule has 2 atom stereocenters. The van der Waals surface area contributed by atoms with Crippen LogP contribution in [0.15, 0.2) is 42.5 Å². The van der Waals surface area contributed by atoms with Crippen LogP contribution in [0.2, 0.25) is 0 Å². The quantitative estimate of drug-likeness (QED) is 0.631. The largest absolute Gasteiger partial charge is 0.493 e. The predicted octanol–water partition coefficient (Wildman–Crippen LogP) is 5.03. The highest BCUT2D eigenvalue weighted by atomic mass is 19.4. The number of aliphatic hydroxyl groups excluding tert-OH is 1. The molecule has 0 bridgehead atoms. The molecule has 0 spiro atoms. The van der Waals surface area contributed by atoms with Crippen LogP contribution in [-0.4, -0.2) is 30.3 Å². The van der Waals surface area contributed by atoms with Crippen molar-refractivity contribution in [2.45, 2.75) is 57.2 Å². The number of hydrogen-bond donors (Lipinski definition) is 2. The van der Waals surface area contributed by atoms with Crippen molar-refractivity contribution in [1.29, 1.82) is 0 Å². The summed E-state index contributed by atoms with van der Waals surface area (Å²) in [5, 5.41) is 13.0. The minimum absolute atomic E-state index is 0.0618. The average molecular weight is 460 g/mol. The molecule has 0 radical (unpaired) electrons. The molecule has 2 aromatic carbocycles. The van der Waals surface area contributed by atoms with Gasteiger partial charge in [-0.1, -0.05) is 31.2 Å². The van der Waals surface area contributed by atoms with Crippen LogP contribution in [0, 0.1) is 0 Å². The van der Waals surface area contributed by atoms with E-state index in [0.717, 1.165) is 30.5 Å². The molecule has 176 valence electrons. The van der Waals surface area contributed by atoms with Crippen LogP contribution in [0.3, 0.4) is 0 Å². The molecule has 0 aromatic heterocycles. The topological polar surface area (TPSA) is 58.6 Å². The van der Waals surface area contributed by atoms with E-state index in [2.05, 4.69) is 11.4 Å². The van der Waals surface area contributed by atoms with Gasteiger partial charge in [-0.2, -0.15) is 13.2 Å². The first kappa shape index (κ1) is 23.4. The van der Waals surface area contributed by atoms with E-state index in [1.807, 2.05) is 19.1 Å². The summed E-state index contributed by atoms with van der Waals surface area (Å²) in [7, 11) is 0. The standard InChI is InChI=1S/C26H28F3NO3/c1-16(21-6-2-4-17-7-9-20(31)14-23(17)21)15-30-25(32)12-18-5-3-11-33-24-13-19(26(27,28)29)8-10-22(18)24/h2,4,6,8,10,12-13,16,20,31H,3,5,7,9,11,14-15H2,1H3,(H,30,32).